The van der Waals surface area contributed by atoms with Gasteiger partial charge < -0.3 is 10.2 Å². The number of amides is 2. The number of halogens is 2. The van der Waals surface area contributed by atoms with Crippen LogP contribution >= 0.6 is 11.6 Å². The molecule has 6 nitrogen and oxygen atoms in total. The maximum Gasteiger partial charge on any atom is 0.257 e. The molecule has 0 spiro atoms. The fraction of sp³-hybridized carbons (Fsp3) is 0.286. The summed E-state index contributed by atoms with van der Waals surface area (Å²) < 4.78 is 15.7. The number of piperidine rings is 1. The fourth-order valence-electron chi connectivity index (χ4n) is 4.48. The van der Waals surface area contributed by atoms with Crippen LogP contribution in [0.1, 0.15) is 62.7 Å². The first-order valence-corrected chi connectivity index (χ1v) is 12.2. The van der Waals surface area contributed by atoms with Crippen LogP contribution in [0.15, 0.2) is 54.7 Å². The number of benzene rings is 2. The Morgan fingerprint density at radius 2 is 1.86 bits per heavy atom. The summed E-state index contributed by atoms with van der Waals surface area (Å²) in [4.78, 5) is 31.8. The molecule has 1 N–H and O–H groups in total. The first-order chi connectivity index (χ1) is 17.2. The van der Waals surface area contributed by atoms with E-state index in [4.69, 9.17) is 16.9 Å². The number of hydrogen-bond donors (Lipinski definition) is 1. The van der Waals surface area contributed by atoms with Crippen molar-refractivity contribution in [2.45, 2.75) is 38.8 Å². The molecule has 1 saturated heterocycles. The Morgan fingerprint density at radius 1 is 1.17 bits per heavy atom. The van der Waals surface area contributed by atoms with Gasteiger partial charge in [-0.15, -0.1) is 0 Å². The van der Waals surface area contributed by atoms with Gasteiger partial charge >= 0.3 is 0 Å². The van der Waals surface area contributed by atoms with Gasteiger partial charge in [-0.1, -0.05) is 36.7 Å². The van der Waals surface area contributed by atoms with E-state index in [0.29, 0.717) is 39.5 Å². The van der Waals surface area contributed by atoms with E-state index in [1.165, 1.54) is 6.20 Å². The Morgan fingerprint density at radius 3 is 2.44 bits per heavy atom. The minimum Gasteiger partial charge on any atom is -0.338 e. The van der Waals surface area contributed by atoms with Crippen LogP contribution in [0.5, 0.6) is 0 Å². The fourth-order valence-corrected chi connectivity index (χ4v) is 4.59. The summed E-state index contributed by atoms with van der Waals surface area (Å²) in [7, 11) is 0. The topological polar surface area (TPSA) is 86.1 Å². The highest BCUT2D eigenvalue weighted by Crippen LogP contribution is 2.37. The van der Waals surface area contributed by atoms with Gasteiger partial charge in [-0.05, 0) is 60.4 Å². The number of pyridine rings is 1. The van der Waals surface area contributed by atoms with Gasteiger partial charge in [0.15, 0.2) is 0 Å². The molecule has 184 valence electrons. The predicted molar refractivity (Wildman–Crippen MR) is 137 cm³/mol. The molecule has 0 atom stereocenters. The molecule has 1 aliphatic heterocycles. The quantitative estimate of drug-likeness (QED) is 0.443. The highest BCUT2D eigenvalue weighted by molar-refractivity contribution is 6.29. The number of carbonyl (C=O) groups is 2. The van der Waals surface area contributed by atoms with Crippen molar-refractivity contribution >= 4 is 29.1 Å². The zero-order chi connectivity index (χ0) is 25.9. The Balaban J connectivity index is 1.51. The lowest BCUT2D eigenvalue weighted by molar-refractivity contribution is 0.0421. The summed E-state index contributed by atoms with van der Waals surface area (Å²) in [6.07, 6.45) is 2.41. The number of aryl methyl sites for hydroxylation is 2. The molecule has 0 saturated carbocycles. The molecule has 4 rings (SSSR count). The molecule has 0 aliphatic carbocycles. The second kappa shape index (κ2) is 10.5. The van der Waals surface area contributed by atoms with Gasteiger partial charge in [0.1, 0.15) is 10.8 Å². The van der Waals surface area contributed by atoms with Crippen molar-refractivity contribution in [2.24, 2.45) is 0 Å². The van der Waals surface area contributed by atoms with Gasteiger partial charge in [-0.25, -0.2) is 9.37 Å². The smallest absolute Gasteiger partial charge is 0.257 e. The molecule has 2 amide bonds. The molecule has 0 bridgehead atoms. The normalized spacial score (nSPS) is 14.7. The molecule has 2 heterocycles. The molecule has 0 radical (unpaired) electrons. The number of nitriles is 1. The Bertz CT molecular complexity index is 1330. The second-order valence-electron chi connectivity index (χ2n) is 8.95. The zero-order valence-corrected chi connectivity index (χ0v) is 20.9. The number of alkyl halides is 1. The van der Waals surface area contributed by atoms with E-state index in [-0.39, 0.29) is 37.7 Å². The van der Waals surface area contributed by atoms with E-state index in [2.05, 4.69) is 10.3 Å². The first kappa shape index (κ1) is 25.3. The van der Waals surface area contributed by atoms with E-state index in [1.807, 2.05) is 26.0 Å². The maximum absolute atomic E-state index is 15.7. The maximum atomic E-state index is 15.7. The molecule has 3 aromatic rings. The van der Waals surface area contributed by atoms with Crippen LogP contribution in [-0.4, -0.2) is 34.8 Å². The average molecular weight is 505 g/mol. The average Bonchev–Trinajstić information content (AvgIpc) is 2.89. The van der Waals surface area contributed by atoms with Gasteiger partial charge in [0.25, 0.3) is 11.8 Å². The highest BCUT2D eigenvalue weighted by Gasteiger charge is 2.38. The van der Waals surface area contributed by atoms with E-state index < -0.39 is 5.67 Å². The van der Waals surface area contributed by atoms with Crippen molar-refractivity contribution in [1.82, 2.24) is 9.88 Å². The van der Waals surface area contributed by atoms with Crippen LogP contribution in [0, 0.1) is 18.3 Å². The SMILES string of the molecule is CCc1cc(C)c(C(=O)N2CCC(F)(c3ccc(C#N)cc3)CC2)cc1NC(=O)c1ccc(Cl)nc1. The van der Waals surface area contributed by atoms with Crippen molar-refractivity contribution < 1.29 is 14.0 Å². The third kappa shape index (κ3) is 5.24. The summed E-state index contributed by atoms with van der Waals surface area (Å²) in [5.41, 5.74) is 2.55. The highest BCUT2D eigenvalue weighted by atomic mass is 35.5. The van der Waals surface area contributed by atoms with Crippen LogP contribution in [0.25, 0.3) is 0 Å². The van der Waals surface area contributed by atoms with Crippen molar-refractivity contribution in [3.8, 4) is 6.07 Å². The van der Waals surface area contributed by atoms with Crippen molar-refractivity contribution in [3.05, 3.63) is 93.3 Å². The Labute approximate surface area is 214 Å². The Kier molecular flexibility index (Phi) is 7.37. The van der Waals surface area contributed by atoms with Crippen molar-refractivity contribution in [1.29, 1.82) is 5.26 Å². The monoisotopic (exact) mass is 504 g/mol. The summed E-state index contributed by atoms with van der Waals surface area (Å²) in [5, 5.41) is 12.2. The summed E-state index contributed by atoms with van der Waals surface area (Å²) in [6.45, 7) is 4.37. The predicted octanol–water partition coefficient (Wildman–Crippen LogP) is 5.83. The molecule has 36 heavy (non-hydrogen) atoms. The van der Waals surface area contributed by atoms with Crippen molar-refractivity contribution in [2.75, 3.05) is 18.4 Å². The van der Waals surface area contributed by atoms with Gasteiger partial charge in [-0.2, -0.15) is 5.26 Å². The number of nitrogens with zero attached hydrogens (tertiary/aromatic N) is 3. The summed E-state index contributed by atoms with van der Waals surface area (Å²) >= 11 is 5.82. The number of rotatable bonds is 5. The van der Waals surface area contributed by atoms with Crippen LogP contribution in [0.4, 0.5) is 10.1 Å². The number of aromatic nitrogens is 1. The van der Waals surface area contributed by atoms with Gasteiger partial charge in [0, 0.05) is 43.4 Å². The van der Waals surface area contributed by atoms with Gasteiger partial charge in [0.2, 0.25) is 0 Å². The number of nitrogens with one attached hydrogen (secondary N) is 1. The first-order valence-electron chi connectivity index (χ1n) is 11.8. The minimum atomic E-state index is -1.54. The third-order valence-corrected chi connectivity index (χ3v) is 6.90. The van der Waals surface area contributed by atoms with E-state index in [1.54, 1.807) is 47.4 Å². The van der Waals surface area contributed by atoms with Crippen LogP contribution in [0.2, 0.25) is 5.15 Å². The lowest BCUT2D eigenvalue weighted by Gasteiger charge is -2.37. The summed E-state index contributed by atoms with van der Waals surface area (Å²) in [6, 6.07) is 15.3. The van der Waals surface area contributed by atoms with Gasteiger partial charge in [-0.3, -0.25) is 9.59 Å². The van der Waals surface area contributed by atoms with E-state index >= 15 is 4.39 Å². The number of carbonyl (C=O) groups excluding carboxylic acids is 2. The molecule has 8 heteroatoms. The lowest BCUT2D eigenvalue weighted by atomic mass is 9.85. The number of anilines is 1. The summed E-state index contributed by atoms with van der Waals surface area (Å²) in [5.74, 6) is -0.542. The molecule has 1 aromatic heterocycles. The number of hydrogen-bond acceptors (Lipinski definition) is 4. The zero-order valence-electron chi connectivity index (χ0n) is 20.1. The third-order valence-electron chi connectivity index (χ3n) is 6.67. The van der Waals surface area contributed by atoms with Gasteiger partial charge in [0.05, 0.1) is 17.2 Å². The standard InChI is InChI=1S/C28H26ClFN4O2/c1-3-20-14-18(2)23(15-24(20)33-26(35)21-6-9-25(29)32-17-21)27(36)34-12-10-28(30,11-13-34)22-7-4-19(16-31)5-8-22/h4-9,14-15,17H,3,10-13H2,1-2H3,(H,33,35). The molecular weight excluding hydrogens is 479 g/mol. The van der Waals surface area contributed by atoms with Crippen LogP contribution in [0.3, 0.4) is 0 Å². The molecule has 2 aromatic carbocycles. The van der Waals surface area contributed by atoms with Crippen LogP contribution in [-0.2, 0) is 12.1 Å². The lowest BCUT2D eigenvalue weighted by Crippen LogP contribution is -2.43. The molecule has 1 fully saturated rings. The van der Waals surface area contributed by atoms with Crippen molar-refractivity contribution in [3.63, 3.8) is 0 Å². The largest absolute Gasteiger partial charge is 0.338 e. The molecule has 1 aliphatic rings. The van der Waals surface area contributed by atoms with E-state index in [9.17, 15) is 9.59 Å². The molecular formula is C28H26ClFN4O2. The second-order valence-corrected chi connectivity index (χ2v) is 9.34. The number of likely N-dealkylation sites (tertiary alicyclic amines) is 1. The Hall–Kier alpha value is -3.76. The van der Waals surface area contributed by atoms with E-state index in [0.717, 1.165) is 11.1 Å². The minimum absolute atomic E-state index is 0.171. The molecule has 0 unspecified atom stereocenters. The van der Waals surface area contributed by atoms with Crippen LogP contribution < -0.4 is 5.32 Å².